The number of hydrogen-bond donors (Lipinski definition) is 2. The van der Waals surface area contributed by atoms with E-state index < -0.39 is 10.8 Å². The molecule has 1 atom stereocenters. The fourth-order valence-electron chi connectivity index (χ4n) is 2.29. The van der Waals surface area contributed by atoms with Crippen LogP contribution in [0, 0.1) is 0 Å². The first-order valence-electron chi connectivity index (χ1n) is 8.96. The fourth-order valence-corrected chi connectivity index (χ4v) is 3.19. The van der Waals surface area contributed by atoms with Crippen LogP contribution >= 0.6 is 24.0 Å². The molecular weight excluding hydrogens is 457 g/mol. The second-order valence-corrected chi connectivity index (χ2v) is 10.6. The Labute approximate surface area is 179 Å². The third kappa shape index (κ3) is 9.35. The molecule has 6 heteroatoms. The van der Waals surface area contributed by atoms with Gasteiger partial charge in [-0.15, -0.1) is 24.0 Å². The minimum absolute atomic E-state index is 0. The molecule has 0 aromatic heterocycles. The van der Waals surface area contributed by atoms with Crippen molar-refractivity contribution in [2.45, 2.75) is 58.1 Å². The van der Waals surface area contributed by atoms with Gasteiger partial charge in [0.25, 0.3) is 0 Å². The van der Waals surface area contributed by atoms with E-state index in [1.807, 2.05) is 20.8 Å². The number of nitrogens with zero attached hydrogens (tertiary/aromatic N) is 1. The molecule has 1 unspecified atom stereocenters. The van der Waals surface area contributed by atoms with Crippen molar-refractivity contribution in [3.8, 4) is 0 Å². The molecule has 0 spiro atoms. The summed E-state index contributed by atoms with van der Waals surface area (Å²) in [5, 5.41) is 6.55. The summed E-state index contributed by atoms with van der Waals surface area (Å²) in [5.74, 6) is 1.38. The molecule has 0 saturated heterocycles. The van der Waals surface area contributed by atoms with E-state index in [2.05, 4.69) is 60.7 Å². The van der Waals surface area contributed by atoms with Crippen LogP contribution in [0.1, 0.15) is 52.7 Å². The van der Waals surface area contributed by atoms with Gasteiger partial charge in [-0.2, -0.15) is 0 Å². The molecule has 1 aromatic carbocycles. The Morgan fingerprint density at radius 2 is 1.54 bits per heavy atom. The first kappa shape index (κ1) is 25.4. The molecule has 0 aliphatic rings. The minimum atomic E-state index is -0.846. The van der Waals surface area contributed by atoms with Gasteiger partial charge >= 0.3 is 0 Å². The van der Waals surface area contributed by atoms with Crippen LogP contribution in [0.2, 0.25) is 0 Å². The molecule has 0 radical (unpaired) electrons. The highest BCUT2D eigenvalue weighted by molar-refractivity contribution is 14.0. The molecule has 2 N–H and O–H groups in total. The molecule has 4 nitrogen and oxygen atoms in total. The van der Waals surface area contributed by atoms with Gasteiger partial charge in [0, 0.05) is 41.4 Å². The lowest BCUT2D eigenvalue weighted by molar-refractivity contribution is 0.590. The molecule has 0 aliphatic carbocycles. The number of rotatable bonds is 6. The zero-order valence-corrected chi connectivity index (χ0v) is 20.5. The highest BCUT2D eigenvalue weighted by atomic mass is 127. The van der Waals surface area contributed by atoms with E-state index in [-0.39, 0.29) is 34.1 Å². The Kier molecular flexibility index (Phi) is 11.0. The molecule has 0 amide bonds. The lowest BCUT2D eigenvalue weighted by Gasteiger charge is -2.19. The average molecular weight is 493 g/mol. The lowest BCUT2D eigenvalue weighted by atomic mass is 9.86. The van der Waals surface area contributed by atoms with Gasteiger partial charge in [0.1, 0.15) is 0 Å². The van der Waals surface area contributed by atoms with E-state index >= 15 is 0 Å². The first-order chi connectivity index (χ1) is 11.5. The van der Waals surface area contributed by atoms with E-state index in [0.29, 0.717) is 12.3 Å². The number of nitrogens with one attached hydrogen (secondary N) is 2. The summed E-state index contributed by atoms with van der Waals surface area (Å²) in [6.07, 6.45) is 0.943. The number of benzene rings is 1. The fraction of sp³-hybridized carbons (Fsp3) is 0.650. The van der Waals surface area contributed by atoms with Crippen molar-refractivity contribution in [1.82, 2.24) is 10.6 Å². The van der Waals surface area contributed by atoms with Gasteiger partial charge in [-0.1, -0.05) is 45.0 Å². The number of halogens is 1. The standard InChI is InChI=1S/C20H35N3OS.HI/c1-19(2,3)17-10-8-16(9-11-17)12-13-22-18(21-7)23-14-15-25(24)20(4,5)6;/h8-11H,12-15H2,1-7H3,(H2,21,22,23);1H. The largest absolute Gasteiger partial charge is 0.356 e. The van der Waals surface area contributed by atoms with Crippen molar-refractivity contribution in [1.29, 1.82) is 0 Å². The van der Waals surface area contributed by atoms with E-state index in [4.69, 9.17) is 0 Å². The van der Waals surface area contributed by atoms with Gasteiger partial charge in [-0.3, -0.25) is 9.20 Å². The van der Waals surface area contributed by atoms with Crippen LogP contribution in [-0.2, 0) is 22.6 Å². The quantitative estimate of drug-likeness (QED) is 0.360. The van der Waals surface area contributed by atoms with Gasteiger partial charge in [-0.05, 0) is 43.7 Å². The maximum atomic E-state index is 12.0. The zero-order chi connectivity index (χ0) is 19.1. The van der Waals surface area contributed by atoms with Crippen LogP contribution < -0.4 is 10.6 Å². The van der Waals surface area contributed by atoms with Gasteiger partial charge in [-0.25, -0.2) is 0 Å². The molecule has 26 heavy (non-hydrogen) atoms. The molecule has 0 heterocycles. The van der Waals surface area contributed by atoms with E-state index in [9.17, 15) is 4.21 Å². The maximum Gasteiger partial charge on any atom is 0.191 e. The molecule has 0 bridgehead atoms. The normalized spacial score (nSPS) is 13.7. The topological polar surface area (TPSA) is 53.5 Å². The molecule has 150 valence electrons. The Bertz CT molecular complexity index is 587. The van der Waals surface area contributed by atoms with E-state index in [0.717, 1.165) is 18.9 Å². The molecule has 1 rings (SSSR count). The smallest absolute Gasteiger partial charge is 0.191 e. The average Bonchev–Trinajstić information content (AvgIpc) is 2.52. The Morgan fingerprint density at radius 3 is 2.00 bits per heavy atom. The van der Waals surface area contributed by atoms with Crippen LogP contribution in [0.5, 0.6) is 0 Å². The molecule has 1 aromatic rings. The van der Waals surface area contributed by atoms with Crippen molar-refractivity contribution in [2.75, 3.05) is 25.9 Å². The predicted octanol–water partition coefficient (Wildman–Crippen LogP) is 3.86. The summed E-state index contributed by atoms with van der Waals surface area (Å²) in [5.41, 5.74) is 2.86. The van der Waals surface area contributed by atoms with Gasteiger partial charge in [0.15, 0.2) is 5.96 Å². The molecule has 0 fully saturated rings. The third-order valence-electron chi connectivity index (χ3n) is 4.01. The van der Waals surface area contributed by atoms with Crippen LogP contribution in [0.3, 0.4) is 0 Å². The Balaban J connectivity index is 0.00000625. The summed E-state index contributed by atoms with van der Waals surface area (Å²) in [4.78, 5) is 4.22. The van der Waals surface area contributed by atoms with Gasteiger partial charge in [0.05, 0.1) is 0 Å². The van der Waals surface area contributed by atoms with Crippen molar-refractivity contribution in [3.05, 3.63) is 35.4 Å². The van der Waals surface area contributed by atoms with Crippen molar-refractivity contribution in [2.24, 2.45) is 4.99 Å². The first-order valence-corrected chi connectivity index (χ1v) is 10.3. The number of aliphatic imine (C=N–C) groups is 1. The van der Waals surface area contributed by atoms with Crippen LogP contribution in [0.25, 0.3) is 0 Å². The van der Waals surface area contributed by atoms with Gasteiger partial charge < -0.3 is 10.6 Å². The second-order valence-electron chi connectivity index (χ2n) is 8.28. The molecule has 0 saturated carbocycles. The SMILES string of the molecule is CN=C(NCCc1ccc(C(C)(C)C)cc1)NCCS(=O)C(C)(C)C.I. The monoisotopic (exact) mass is 493 g/mol. The maximum absolute atomic E-state index is 12.0. The zero-order valence-electron chi connectivity index (χ0n) is 17.3. The molecule has 0 aliphatic heterocycles. The van der Waals surface area contributed by atoms with Crippen molar-refractivity contribution >= 4 is 40.7 Å². The summed E-state index contributed by atoms with van der Waals surface area (Å²) in [6.45, 7) is 14.2. The van der Waals surface area contributed by atoms with Gasteiger partial charge in [0.2, 0.25) is 0 Å². The van der Waals surface area contributed by atoms with Crippen LogP contribution in [0.15, 0.2) is 29.3 Å². The van der Waals surface area contributed by atoms with Crippen molar-refractivity contribution < 1.29 is 4.21 Å². The van der Waals surface area contributed by atoms with Crippen LogP contribution in [0.4, 0.5) is 0 Å². The predicted molar refractivity (Wildman–Crippen MR) is 126 cm³/mol. The third-order valence-corrected chi connectivity index (χ3v) is 5.95. The second kappa shape index (κ2) is 11.3. The summed E-state index contributed by atoms with van der Waals surface area (Å²) in [6, 6.07) is 8.82. The van der Waals surface area contributed by atoms with E-state index in [1.165, 1.54) is 11.1 Å². The lowest BCUT2D eigenvalue weighted by Crippen LogP contribution is -2.41. The minimum Gasteiger partial charge on any atom is -0.356 e. The summed E-state index contributed by atoms with van der Waals surface area (Å²) in [7, 11) is 0.912. The Morgan fingerprint density at radius 1 is 1.00 bits per heavy atom. The summed E-state index contributed by atoms with van der Waals surface area (Å²) < 4.78 is 11.9. The number of hydrogen-bond acceptors (Lipinski definition) is 2. The Hall–Kier alpha value is -0.630. The highest BCUT2D eigenvalue weighted by Gasteiger charge is 2.18. The molecular formula is C20H36IN3OS. The number of guanidine groups is 1. The van der Waals surface area contributed by atoms with E-state index in [1.54, 1.807) is 7.05 Å². The highest BCUT2D eigenvalue weighted by Crippen LogP contribution is 2.22. The summed E-state index contributed by atoms with van der Waals surface area (Å²) >= 11 is 0. The van der Waals surface area contributed by atoms with Crippen LogP contribution in [-0.4, -0.2) is 40.8 Å². The van der Waals surface area contributed by atoms with Crippen molar-refractivity contribution in [3.63, 3.8) is 0 Å².